The summed E-state index contributed by atoms with van der Waals surface area (Å²) in [6.45, 7) is 2.45. The van der Waals surface area contributed by atoms with Gasteiger partial charge in [0.15, 0.2) is 0 Å². The van der Waals surface area contributed by atoms with Crippen molar-refractivity contribution in [2.24, 2.45) is 0 Å². The third-order valence-electron chi connectivity index (χ3n) is 2.31. The van der Waals surface area contributed by atoms with Gasteiger partial charge in [0.2, 0.25) is 15.9 Å². The van der Waals surface area contributed by atoms with Gasteiger partial charge in [0.1, 0.15) is 0 Å². The molecule has 1 aromatic rings. The Labute approximate surface area is 118 Å². The monoisotopic (exact) mass is 304 g/mol. The Bertz CT molecular complexity index is 514. The van der Waals surface area contributed by atoms with Crippen LogP contribution in [0.15, 0.2) is 24.3 Å². The summed E-state index contributed by atoms with van der Waals surface area (Å²) in [7, 11) is -3.39. The van der Waals surface area contributed by atoms with Crippen LogP contribution in [0.4, 0.5) is 5.69 Å². The van der Waals surface area contributed by atoms with Crippen molar-refractivity contribution >= 4 is 33.2 Å². The molecule has 0 saturated carbocycles. The topological polar surface area (TPSA) is 75.3 Å². The van der Waals surface area contributed by atoms with Gasteiger partial charge in [0, 0.05) is 18.1 Å². The summed E-state index contributed by atoms with van der Waals surface area (Å²) in [5.74, 6) is -0.141. The summed E-state index contributed by atoms with van der Waals surface area (Å²) in [6, 6.07) is 6.68. The molecule has 1 aromatic carbocycles. The molecule has 0 saturated heterocycles. The van der Waals surface area contributed by atoms with Gasteiger partial charge in [0.05, 0.1) is 12.2 Å². The predicted octanol–water partition coefficient (Wildman–Crippen LogP) is 1.35. The zero-order valence-electron chi connectivity index (χ0n) is 10.6. The van der Waals surface area contributed by atoms with Crippen LogP contribution in [0.3, 0.4) is 0 Å². The van der Waals surface area contributed by atoms with Gasteiger partial charge in [-0.15, -0.1) is 11.6 Å². The summed E-state index contributed by atoms with van der Waals surface area (Å²) in [4.78, 5) is 11.4. The van der Waals surface area contributed by atoms with E-state index in [-0.39, 0.29) is 24.0 Å². The van der Waals surface area contributed by atoms with E-state index in [4.69, 9.17) is 11.6 Å². The third-order valence-corrected chi connectivity index (χ3v) is 4.01. The first-order chi connectivity index (χ1) is 8.96. The van der Waals surface area contributed by atoms with Crippen LogP contribution in [-0.4, -0.2) is 32.5 Å². The number of amides is 1. The average Bonchev–Trinajstić information content (AvgIpc) is 2.31. The van der Waals surface area contributed by atoms with Crippen LogP contribution < -0.4 is 10.0 Å². The smallest absolute Gasteiger partial charge is 0.233 e. The van der Waals surface area contributed by atoms with E-state index in [1.54, 1.807) is 24.3 Å². The standard InChI is InChI=1S/C12H17ClN2O3S/c1-2-14-12(16)9-10-3-5-11(6-4-10)15-19(17,18)8-7-13/h3-6,15H,2,7-9H2,1H3,(H,14,16). The number of benzene rings is 1. The molecule has 0 unspecified atom stereocenters. The zero-order valence-corrected chi connectivity index (χ0v) is 12.2. The van der Waals surface area contributed by atoms with Gasteiger partial charge in [-0.25, -0.2) is 8.42 Å². The molecule has 0 aromatic heterocycles. The summed E-state index contributed by atoms with van der Waals surface area (Å²) < 4.78 is 25.4. The Kier molecular flexibility index (Phi) is 6.11. The number of sulfonamides is 1. The van der Waals surface area contributed by atoms with E-state index < -0.39 is 10.0 Å². The molecule has 0 spiro atoms. The molecule has 19 heavy (non-hydrogen) atoms. The van der Waals surface area contributed by atoms with Crippen LogP contribution in [0.5, 0.6) is 0 Å². The Morgan fingerprint density at radius 1 is 1.26 bits per heavy atom. The summed E-state index contributed by atoms with van der Waals surface area (Å²) in [5.41, 5.74) is 1.29. The van der Waals surface area contributed by atoms with Crippen LogP contribution in [0, 0.1) is 0 Å². The summed E-state index contributed by atoms with van der Waals surface area (Å²) in [6.07, 6.45) is 0.280. The van der Waals surface area contributed by atoms with Gasteiger partial charge in [0.25, 0.3) is 0 Å². The molecule has 2 N–H and O–H groups in total. The largest absolute Gasteiger partial charge is 0.356 e. The highest BCUT2D eigenvalue weighted by atomic mass is 35.5. The van der Waals surface area contributed by atoms with Crippen LogP contribution >= 0.6 is 11.6 Å². The molecule has 1 amide bonds. The molecule has 106 valence electrons. The van der Waals surface area contributed by atoms with E-state index >= 15 is 0 Å². The molecule has 0 aliphatic carbocycles. The molecule has 0 heterocycles. The van der Waals surface area contributed by atoms with Crippen LogP contribution in [-0.2, 0) is 21.2 Å². The van der Waals surface area contributed by atoms with Crippen molar-refractivity contribution in [2.45, 2.75) is 13.3 Å². The fourth-order valence-electron chi connectivity index (χ4n) is 1.47. The SMILES string of the molecule is CCNC(=O)Cc1ccc(NS(=O)(=O)CCCl)cc1. The second-order valence-corrected chi connectivity index (χ2v) is 6.16. The number of carbonyl (C=O) groups excluding carboxylic acids is 1. The van der Waals surface area contributed by atoms with Crippen LogP contribution in [0.1, 0.15) is 12.5 Å². The normalized spacial score (nSPS) is 11.1. The minimum Gasteiger partial charge on any atom is -0.356 e. The fourth-order valence-corrected chi connectivity index (χ4v) is 2.88. The number of rotatable bonds is 7. The molecule has 0 aliphatic rings. The highest BCUT2D eigenvalue weighted by Gasteiger charge is 2.09. The molecule has 0 bridgehead atoms. The highest BCUT2D eigenvalue weighted by Crippen LogP contribution is 2.12. The molecule has 0 atom stereocenters. The number of alkyl halides is 1. The number of hydrogen-bond donors (Lipinski definition) is 2. The molecule has 0 radical (unpaired) electrons. The first-order valence-electron chi connectivity index (χ1n) is 5.89. The Hall–Kier alpha value is -1.27. The van der Waals surface area contributed by atoms with Crippen molar-refractivity contribution in [2.75, 3.05) is 22.9 Å². The molecule has 5 nitrogen and oxygen atoms in total. The van der Waals surface area contributed by atoms with E-state index in [1.807, 2.05) is 6.92 Å². The zero-order chi connectivity index (χ0) is 14.3. The molecule has 0 fully saturated rings. The lowest BCUT2D eigenvalue weighted by Gasteiger charge is -2.07. The van der Waals surface area contributed by atoms with Crippen LogP contribution in [0.2, 0.25) is 0 Å². The van der Waals surface area contributed by atoms with E-state index in [9.17, 15) is 13.2 Å². The Morgan fingerprint density at radius 2 is 1.89 bits per heavy atom. The molecule has 1 rings (SSSR count). The molecule has 0 aliphatic heterocycles. The van der Waals surface area contributed by atoms with E-state index in [1.165, 1.54) is 0 Å². The number of anilines is 1. The minimum atomic E-state index is -3.39. The van der Waals surface area contributed by atoms with Crippen LogP contribution in [0.25, 0.3) is 0 Å². The van der Waals surface area contributed by atoms with Gasteiger partial charge in [-0.3, -0.25) is 9.52 Å². The Morgan fingerprint density at radius 3 is 2.42 bits per heavy atom. The van der Waals surface area contributed by atoms with Gasteiger partial charge in [-0.1, -0.05) is 12.1 Å². The molecule has 7 heteroatoms. The molecular formula is C12H17ClN2O3S. The lowest BCUT2D eigenvalue weighted by Crippen LogP contribution is -2.24. The van der Waals surface area contributed by atoms with Crippen molar-refractivity contribution in [1.82, 2.24) is 5.32 Å². The first-order valence-corrected chi connectivity index (χ1v) is 8.07. The summed E-state index contributed by atoms with van der Waals surface area (Å²) in [5, 5.41) is 2.70. The Balaban J connectivity index is 2.64. The van der Waals surface area contributed by atoms with Crippen molar-refractivity contribution in [3.63, 3.8) is 0 Å². The minimum absolute atomic E-state index is 0.0462. The maximum absolute atomic E-state index is 11.5. The average molecular weight is 305 g/mol. The number of nitrogens with one attached hydrogen (secondary N) is 2. The first kappa shape index (κ1) is 15.8. The maximum Gasteiger partial charge on any atom is 0.233 e. The molecular weight excluding hydrogens is 288 g/mol. The van der Waals surface area contributed by atoms with E-state index in [0.717, 1.165) is 5.56 Å². The lowest BCUT2D eigenvalue weighted by atomic mass is 10.1. The number of carbonyl (C=O) groups is 1. The maximum atomic E-state index is 11.5. The number of likely N-dealkylation sites (N-methyl/N-ethyl adjacent to an activating group) is 1. The van der Waals surface area contributed by atoms with Crippen molar-refractivity contribution in [3.8, 4) is 0 Å². The van der Waals surface area contributed by atoms with Gasteiger partial charge in [-0.2, -0.15) is 0 Å². The van der Waals surface area contributed by atoms with Crippen molar-refractivity contribution in [3.05, 3.63) is 29.8 Å². The van der Waals surface area contributed by atoms with Gasteiger partial charge < -0.3 is 5.32 Å². The van der Waals surface area contributed by atoms with Crippen molar-refractivity contribution in [1.29, 1.82) is 0 Å². The number of halogens is 1. The quantitative estimate of drug-likeness (QED) is 0.747. The number of hydrogen-bond acceptors (Lipinski definition) is 3. The van der Waals surface area contributed by atoms with E-state index in [2.05, 4.69) is 10.0 Å². The van der Waals surface area contributed by atoms with E-state index in [0.29, 0.717) is 12.2 Å². The second-order valence-electron chi connectivity index (χ2n) is 3.94. The van der Waals surface area contributed by atoms with Gasteiger partial charge in [-0.05, 0) is 24.6 Å². The summed E-state index contributed by atoms with van der Waals surface area (Å²) >= 11 is 5.40. The highest BCUT2D eigenvalue weighted by molar-refractivity contribution is 7.92. The predicted molar refractivity (Wildman–Crippen MR) is 77.0 cm³/mol. The lowest BCUT2D eigenvalue weighted by molar-refractivity contribution is -0.120. The third kappa shape index (κ3) is 5.94. The fraction of sp³-hybridized carbons (Fsp3) is 0.417. The van der Waals surface area contributed by atoms with Crippen molar-refractivity contribution < 1.29 is 13.2 Å². The second kappa shape index (κ2) is 7.35. The van der Waals surface area contributed by atoms with Gasteiger partial charge >= 0.3 is 0 Å².